The van der Waals surface area contributed by atoms with E-state index >= 15 is 0 Å². The van der Waals surface area contributed by atoms with Crippen LogP contribution < -0.4 is 10.1 Å². The molecule has 37 heavy (non-hydrogen) atoms. The Morgan fingerprint density at radius 3 is 2.46 bits per heavy atom. The summed E-state index contributed by atoms with van der Waals surface area (Å²) in [5, 5.41) is 11.4. The van der Waals surface area contributed by atoms with E-state index in [0.717, 1.165) is 11.8 Å². The van der Waals surface area contributed by atoms with Gasteiger partial charge in [-0.3, -0.25) is 14.5 Å². The molecule has 1 unspecified atom stereocenters. The summed E-state index contributed by atoms with van der Waals surface area (Å²) in [6, 6.07) is 19.1. The van der Waals surface area contributed by atoms with Crippen LogP contribution in [0.3, 0.4) is 0 Å². The van der Waals surface area contributed by atoms with E-state index in [1.165, 1.54) is 35.2 Å². The topological polar surface area (TPSA) is 108 Å². The van der Waals surface area contributed by atoms with Crippen molar-refractivity contribution in [2.24, 2.45) is 4.99 Å². The molecular formula is C27H24FN3O5S. The summed E-state index contributed by atoms with van der Waals surface area (Å²) < 4.78 is 19.3. The summed E-state index contributed by atoms with van der Waals surface area (Å²) in [5.74, 6) is -1.47. The number of halogens is 1. The maximum Gasteiger partial charge on any atom is 0.335 e. The van der Waals surface area contributed by atoms with Crippen molar-refractivity contribution in [1.82, 2.24) is 4.90 Å². The number of thioether (sulfide) groups is 1. The molecule has 3 aromatic rings. The van der Waals surface area contributed by atoms with Crippen LogP contribution in [0.15, 0.2) is 77.8 Å². The smallest absolute Gasteiger partial charge is 0.335 e. The highest BCUT2D eigenvalue weighted by Crippen LogP contribution is 2.31. The number of nitrogens with one attached hydrogen (secondary N) is 1. The summed E-state index contributed by atoms with van der Waals surface area (Å²) in [6.07, 6.45) is 0.218. The van der Waals surface area contributed by atoms with Gasteiger partial charge in [0.25, 0.3) is 0 Å². The van der Waals surface area contributed by atoms with E-state index in [1.807, 2.05) is 0 Å². The largest absolute Gasteiger partial charge is 0.497 e. The maximum absolute atomic E-state index is 14.2. The van der Waals surface area contributed by atoms with Crippen LogP contribution in [0.5, 0.6) is 5.75 Å². The van der Waals surface area contributed by atoms with Gasteiger partial charge in [-0.15, -0.1) is 0 Å². The lowest BCUT2D eigenvalue weighted by atomic mass is 10.1. The van der Waals surface area contributed by atoms with Gasteiger partial charge in [0.05, 0.1) is 18.4 Å². The molecule has 1 atom stereocenters. The summed E-state index contributed by atoms with van der Waals surface area (Å²) in [7, 11) is 1.55. The first-order valence-corrected chi connectivity index (χ1v) is 12.3. The van der Waals surface area contributed by atoms with Crippen molar-refractivity contribution in [3.8, 4) is 5.75 Å². The van der Waals surface area contributed by atoms with Gasteiger partial charge in [-0.25, -0.2) is 14.2 Å². The highest BCUT2D eigenvalue weighted by atomic mass is 32.2. The molecule has 1 fully saturated rings. The van der Waals surface area contributed by atoms with Crippen molar-refractivity contribution in [1.29, 1.82) is 0 Å². The average molecular weight is 522 g/mol. The van der Waals surface area contributed by atoms with E-state index in [0.29, 0.717) is 27.9 Å². The van der Waals surface area contributed by atoms with E-state index in [4.69, 9.17) is 9.84 Å². The van der Waals surface area contributed by atoms with E-state index in [1.54, 1.807) is 49.6 Å². The van der Waals surface area contributed by atoms with Crippen molar-refractivity contribution in [3.05, 3.63) is 89.7 Å². The Labute approximate surface area is 217 Å². The number of hydrogen-bond acceptors (Lipinski definition) is 6. The van der Waals surface area contributed by atoms with Gasteiger partial charge in [0, 0.05) is 18.7 Å². The third-order valence-corrected chi connectivity index (χ3v) is 6.88. The fraction of sp³-hybridized carbons (Fsp3) is 0.185. The first-order chi connectivity index (χ1) is 17.8. The number of amidine groups is 1. The molecule has 4 rings (SSSR count). The predicted octanol–water partition coefficient (Wildman–Crippen LogP) is 4.74. The summed E-state index contributed by atoms with van der Waals surface area (Å²) in [6.45, 7) is 0.201. The van der Waals surface area contributed by atoms with Crippen LogP contribution in [0.25, 0.3) is 0 Å². The third-order valence-electron chi connectivity index (χ3n) is 5.69. The number of methoxy groups -OCH3 is 1. The van der Waals surface area contributed by atoms with Crippen molar-refractivity contribution in [3.63, 3.8) is 0 Å². The van der Waals surface area contributed by atoms with Crippen LogP contribution in [0, 0.1) is 5.82 Å². The zero-order valence-electron chi connectivity index (χ0n) is 19.9. The minimum absolute atomic E-state index is 0.0669. The van der Waals surface area contributed by atoms with Crippen LogP contribution in [0.1, 0.15) is 22.3 Å². The highest BCUT2D eigenvalue weighted by molar-refractivity contribution is 8.15. The van der Waals surface area contributed by atoms with Crippen molar-refractivity contribution in [2.75, 3.05) is 19.0 Å². The van der Waals surface area contributed by atoms with Gasteiger partial charge in [-0.05, 0) is 66.6 Å². The average Bonchev–Trinajstić information content (AvgIpc) is 2.89. The van der Waals surface area contributed by atoms with Gasteiger partial charge in [0.15, 0.2) is 5.17 Å². The molecule has 0 spiro atoms. The Kier molecular flexibility index (Phi) is 8.19. The molecule has 0 saturated carbocycles. The number of rotatable bonds is 8. The molecule has 10 heteroatoms. The number of anilines is 1. The zero-order chi connectivity index (χ0) is 26.4. The molecule has 190 valence electrons. The van der Waals surface area contributed by atoms with Crippen LogP contribution in [0.4, 0.5) is 15.8 Å². The fourth-order valence-corrected chi connectivity index (χ4v) is 4.81. The monoisotopic (exact) mass is 521 g/mol. The fourth-order valence-electron chi connectivity index (χ4n) is 3.68. The number of hydrogen-bond donors (Lipinski definition) is 2. The molecule has 0 aromatic heterocycles. The lowest BCUT2D eigenvalue weighted by Crippen LogP contribution is -2.46. The van der Waals surface area contributed by atoms with E-state index in [-0.39, 0.29) is 36.7 Å². The molecule has 2 N–H and O–H groups in total. The minimum Gasteiger partial charge on any atom is -0.497 e. The van der Waals surface area contributed by atoms with Gasteiger partial charge >= 0.3 is 5.97 Å². The molecule has 8 nitrogen and oxygen atoms in total. The van der Waals surface area contributed by atoms with Crippen LogP contribution in [-0.2, 0) is 16.0 Å². The van der Waals surface area contributed by atoms with Gasteiger partial charge in [0.1, 0.15) is 16.8 Å². The molecule has 1 saturated heterocycles. The standard InChI is InChI=1S/C27H24FN3O5S/c1-36-21-12-10-20(11-13-21)30-27-31(15-14-17-4-2-3-5-22(17)28)24(32)16-23(37-27)25(33)29-19-8-6-18(7-9-19)26(34)35/h2-13,23H,14-16H2,1H3,(H,29,33)(H,34,35). The number of aromatic carboxylic acids is 1. The molecule has 0 radical (unpaired) electrons. The lowest BCUT2D eigenvalue weighted by Gasteiger charge is -2.32. The summed E-state index contributed by atoms with van der Waals surface area (Å²) >= 11 is 1.15. The Bertz CT molecular complexity index is 1330. The van der Waals surface area contributed by atoms with Crippen LogP contribution in [-0.4, -0.2) is 51.9 Å². The van der Waals surface area contributed by atoms with Gasteiger partial charge in [0.2, 0.25) is 11.8 Å². The SMILES string of the molecule is COc1ccc(N=C2SC(C(=O)Nc3ccc(C(=O)O)cc3)CC(=O)N2CCc2ccccc2F)cc1. The van der Waals surface area contributed by atoms with Crippen molar-refractivity contribution >= 4 is 46.1 Å². The third kappa shape index (κ3) is 6.53. The maximum atomic E-state index is 14.2. The van der Waals surface area contributed by atoms with E-state index in [2.05, 4.69) is 10.3 Å². The minimum atomic E-state index is -1.07. The molecule has 3 aromatic carbocycles. The number of benzene rings is 3. The van der Waals surface area contributed by atoms with Crippen molar-refractivity contribution < 1.29 is 28.6 Å². The second kappa shape index (κ2) is 11.7. The molecule has 2 amide bonds. The number of carbonyl (C=O) groups is 3. The first kappa shape index (κ1) is 25.9. The first-order valence-electron chi connectivity index (χ1n) is 11.4. The second-order valence-corrected chi connectivity index (χ2v) is 9.33. The van der Waals surface area contributed by atoms with Crippen molar-refractivity contribution in [2.45, 2.75) is 18.1 Å². The molecule has 1 aliphatic rings. The quantitative estimate of drug-likeness (QED) is 0.444. The number of carboxylic acid groups (broad SMARTS) is 1. The molecule has 1 heterocycles. The normalized spacial score (nSPS) is 16.5. The number of nitrogens with zero attached hydrogens (tertiary/aromatic N) is 2. The summed E-state index contributed by atoms with van der Waals surface area (Å²) in [4.78, 5) is 43.3. The van der Waals surface area contributed by atoms with E-state index < -0.39 is 17.1 Å². The Balaban J connectivity index is 1.55. The number of carbonyl (C=O) groups excluding carboxylic acids is 2. The molecule has 1 aliphatic heterocycles. The Morgan fingerprint density at radius 2 is 1.81 bits per heavy atom. The summed E-state index contributed by atoms with van der Waals surface area (Å²) in [5.41, 5.74) is 1.56. The van der Waals surface area contributed by atoms with E-state index in [9.17, 15) is 18.8 Å². The number of aliphatic imine (C=N–C) groups is 1. The van der Waals surface area contributed by atoms with Crippen LogP contribution in [0.2, 0.25) is 0 Å². The Hall–Kier alpha value is -4.18. The van der Waals surface area contributed by atoms with Gasteiger partial charge in [-0.1, -0.05) is 30.0 Å². The van der Waals surface area contributed by atoms with Gasteiger partial charge in [-0.2, -0.15) is 0 Å². The Morgan fingerprint density at radius 1 is 1.11 bits per heavy atom. The lowest BCUT2D eigenvalue weighted by molar-refractivity contribution is -0.129. The number of amides is 2. The highest BCUT2D eigenvalue weighted by Gasteiger charge is 2.36. The number of carboxylic acids is 1. The molecule has 0 aliphatic carbocycles. The van der Waals surface area contributed by atoms with Crippen LogP contribution >= 0.6 is 11.8 Å². The van der Waals surface area contributed by atoms with Gasteiger partial charge < -0.3 is 15.2 Å². The molecular weight excluding hydrogens is 497 g/mol. The predicted molar refractivity (Wildman–Crippen MR) is 140 cm³/mol. The second-order valence-electron chi connectivity index (χ2n) is 8.16. The zero-order valence-corrected chi connectivity index (χ0v) is 20.7. The molecule has 0 bridgehead atoms. The number of ether oxygens (including phenoxy) is 1.